The molecule has 0 bridgehead atoms. The molecule has 0 spiro atoms. The fourth-order valence-corrected chi connectivity index (χ4v) is 2.66. The number of aryl methyl sites for hydroxylation is 1. The first-order chi connectivity index (χ1) is 12.2. The van der Waals surface area contributed by atoms with Crippen LogP contribution in [0.5, 0.6) is 11.5 Å². The Hall–Kier alpha value is -2.24. The second-order valence-corrected chi connectivity index (χ2v) is 5.72. The number of rotatable bonds is 8. The summed E-state index contributed by atoms with van der Waals surface area (Å²) in [6.45, 7) is 2.40. The number of benzene rings is 2. The molecule has 0 saturated heterocycles. The Morgan fingerprint density at radius 1 is 1.12 bits per heavy atom. The Bertz CT molecular complexity index is 677. The van der Waals surface area contributed by atoms with Gasteiger partial charge >= 0.3 is 6.09 Å². The lowest BCUT2D eigenvalue weighted by Crippen LogP contribution is -2.26. The van der Waals surface area contributed by atoms with Crippen molar-refractivity contribution in [1.29, 1.82) is 0 Å². The number of methoxy groups -OCH3 is 1. The van der Waals surface area contributed by atoms with Crippen LogP contribution < -0.4 is 20.1 Å². The van der Waals surface area contributed by atoms with Crippen LogP contribution in [0.15, 0.2) is 48.5 Å². The molecule has 1 atom stereocenters. The molecule has 0 aliphatic carbocycles. The minimum absolute atomic E-state index is 0. The van der Waals surface area contributed by atoms with Crippen molar-refractivity contribution in [3.05, 3.63) is 59.7 Å². The fourth-order valence-electron chi connectivity index (χ4n) is 2.66. The minimum Gasteiger partial charge on any atom is -0.497 e. The molecule has 0 saturated carbocycles. The largest absolute Gasteiger partial charge is 0.497 e. The lowest BCUT2D eigenvalue weighted by molar-refractivity contribution is 0.201. The summed E-state index contributed by atoms with van der Waals surface area (Å²) in [5, 5.41) is 5.96. The zero-order chi connectivity index (χ0) is 18.1. The molecule has 142 valence electrons. The highest BCUT2D eigenvalue weighted by Gasteiger charge is 2.11. The monoisotopic (exact) mass is 378 g/mol. The van der Waals surface area contributed by atoms with Gasteiger partial charge in [0.05, 0.1) is 7.11 Å². The molecule has 6 heteroatoms. The van der Waals surface area contributed by atoms with E-state index in [1.165, 1.54) is 5.56 Å². The van der Waals surface area contributed by atoms with Gasteiger partial charge in [-0.05, 0) is 62.2 Å². The average Bonchev–Trinajstić information content (AvgIpc) is 2.63. The van der Waals surface area contributed by atoms with E-state index in [1.807, 2.05) is 44.3 Å². The number of ether oxygens (including phenoxy) is 2. The van der Waals surface area contributed by atoms with Gasteiger partial charge in [0.25, 0.3) is 0 Å². The second kappa shape index (κ2) is 11.4. The van der Waals surface area contributed by atoms with Crippen LogP contribution in [0.2, 0.25) is 0 Å². The van der Waals surface area contributed by atoms with Gasteiger partial charge in [-0.15, -0.1) is 12.4 Å². The molecule has 0 fully saturated rings. The van der Waals surface area contributed by atoms with E-state index in [0.29, 0.717) is 12.3 Å². The quantitative estimate of drug-likeness (QED) is 0.725. The molecule has 2 aromatic carbocycles. The third-order valence-electron chi connectivity index (χ3n) is 4.02. The van der Waals surface area contributed by atoms with E-state index in [4.69, 9.17) is 9.47 Å². The lowest BCUT2D eigenvalue weighted by Gasteiger charge is -2.17. The van der Waals surface area contributed by atoms with Crippen molar-refractivity contribution >= 4 is 18.5 Å². The van der Waals surface area contributed by atoms with E-state index in [2.05, 4.69) is 22.8 Å². The van der Waals surface area contributed by atoms with Crippen LogP contribution in [0.4, 0.5) is 4.79 Å². The average molecular weight is 379 g/mol. The number of hydrogen-bond acceptors (Lipinski definition) is 4. The molecular formula is C20H27ClN2O3. The predicted molar refractivity (Wildman–Crippen MR) is 107 cm³/mol. The van der Waals surface area contributed by atoms with Crippen molar-refractivity contribution in [3.63, 3.8) is 0 Å². The molecule has 1 amide bonds. The van der Waals surface area contributed by atoms with Crippen LogP contribution in [-0.2, 0) is 6.42 Å². The highest BCUT2D eigenvalue weighted by atomic mass is 35.5. The second-order valence-electron chi connectivity index (χ2n) is 5.72. The maximum atomic E-state index is 11.6. The van der Waals surface area contributed by atoms with Gasteiger partial charge in [-0.25, -0.2) is 4.79 Å². The summed E-state index contributed by atoms with van der Waals surface area (Å²) in [5.41, 5.74) is 2.36. The van der Waals surface area contributed by atoms with Crippen LogP contribution in [-0.4, -0.2) is 26.8 Å². The van der Waals surface area contributed by atoms with Gasteiger partial charge in [0.1, 0.15) is 11.5 Å². The Balaban J connectivity index is 0.00000338. The first-order valence-corrected chi connectivity index (χ1v) is 8.52. The summed E-state index contributed by atoms with van der Waals surface area (Å²) >= 11 is 0. The van der Waals surface area contributed by atoms with Crippen LogP contribution in [0, 0.1) is 0 Å². The smallest absolute Gasteiger partial charge is 0.412 e. The number of halogens is 1. The van der Waals surface area contributed by atoms with Crippen molar-refractivity contribution in [3.8, 4) is 11.5 Å². The first-order valence-electron chi connectivity index (χ1n) is 8.52. The van der Waals surface area contributed by atoms with Gasteiger partial charge < -0.3 is 20.1 Å². The van der Waals surface area contributed by atoms with Crippen molar-refractivity contribution < 1.29 is 14.3 Å². The fraction of sp³-hybridized carbons (Fsp3) is 0.350. The Labute approximate surface area is 161 Å². The summed E-state index contributed by atoms with van der Waals surface area (Å²) < 4.78 is 10.5. The van der Waals surface area contributed by atoms with Crippen LogP contribution >= 0.6 is 12.4 Å². The molecule has 1 unspecified atom stereocenters. The van der Waals surface area contributed by atoms with Gasteiger partial charge in [-0.3, -0.25) is 0 Å². The Morgan fingerprint density at radius 3 is 2.46 bits per heavy atom. The van der Waals surface area contributed by atoms with Gasteiger partial charge in [0.2, 0.25) is 0 Å². The molecule has 0 aromatic heterocycles. The van der Waals surface area contributed by atoms with Crippen molar-refractivity contribution in [2.45, 2.75) is 25.8 Å². The molecule has 0 aliphatic rings. The van der Waals surface area contributed by atoms with Crippen LogP contribution in [0.3, 0.4) is 0 Å². The van der Waals surface area contributed by atoms with E-state index in [-0.39, 0.29) is 18.4 Å². The van der Waals surface area contributed by atoms with E-state index in [0.717, 1.165) is 24.2 Å². The van der Waals surface area contributed by atoms with Crippen molar-refractivity contribution in [1.82, 2.24) is 10.6 Å². The third-order valence-corrected chi connectivity index (χ3v) is 4.02. The van der Waals surface area contributed by atoms with Crippen molar-refractivity contribution in [2.24, 2.45) is 0 Å². The summed E-state index contributed by atoms with van der Waals surface area (Å²) in [6, 6.07) is 15.9. The third kappa shape index (κ3) is 6.58. The van der Waals surface area contributed by atoms with E-state index in [1.54, 1.807) is 13.2 Å². The molecular weight excluding hydrogens is 352 g/mol. The molecule has 5 nitrogen and oxygen atoms in total. The van der Waals surface area contributed by atoms with E-state index in [9.17, 15) is 4.79 Å². The van der Waals surface area contributed by atoms with Gasteiger partial charge in [0, 0.05) is 12.6 Å². The minimum atomic E-state index is -0.432. The molecule has 26 heavy (non-hydrogen) atoms. The van der Waals surface area contributed by atoms with E-state index < -0.39 is 6.09 Å². The summed E-state index contributed by atoms with van der Waals surface area (Å²) in [5.74, 6) is 1.41. The normalized spacial score (nSPS) is 11.2. The number of nitrogens with one attached hydrogen (secondary N) is 2. The summed E-state index contributed by atoms with van der Waals surface area (Å²) in [6.07, 6.45) is 1.45. The zero-order valence-electron chi connectivity index (χ0n) is 15.5. The van der Waals surface area contributed by atoms with Crippen LogP contribution in [0.25, 0.3) is 0 Å². The Morgan fingerprint density at radius 2 is 1.85 bits per heavy atom. The van der Waals surface area contributed by atoms with Gasteiger partial charge in [0.15, 0.2) is 0 Å². The molecule has 2 N–H and O–H groups in total. The Kier molecular flexibility index (Phi) is 9.55. The first kappa shape index (κ1) is 21.8. The van der Waals surface area contributed by atoms with Crippen LogP contribution in [0.1, 0.15) is 30.5 Å². The zero-order valence-corrected chi connectivity index (χ0v) is 16.3. The summed E-state index contributed by atoms with van der Waals surface area (Å²) in [4.78, 5) is 11.6. The standard InChI is InChI=1S/C20H26N2O3.ClH/c1-4-22-20(23)25-18-7-5-6-16(14-18)19(21-2)13-10-15-8-11-17(24-3)12-9-15;/h5-9,11-12,14,19,21H,4,10,13H2,1-3H3,(H,22,23);1H. The molecule has 0 radical (unpaired) electrons. The molecule has 2 rings (SSSR count). The molecule has 2 aromatic rings. The maximum absolute atomic E-state index is 11.6. The van der Waals surface area contributed by atoms with Gasteiger partial charge in [-0.1, -0.05) is 24.3 Å². The number of hydrogen-bond donors (Lipinski definition) is 2. The molecule has 0 heterocycles. The number of amides is 1. The lowest BCUT2D eigenvalue weighted by atomic mass is 9.99. The maximum Gasteiger partial charge on any atom is 0.412 e. The van der Waals surface area contributed by atoms with Crippen molar-refractivity contribution in [2.75, 3.05) is 20.7 Å². The highest BCUT2D eigenvalue weighted by molar-refractivity contribution is 5.85. The predicted octanol–water partition coefficient (Wildman–Crippen LogP) is 4.12. The summed E-state index contributed by atoms with van der Waals surface area (Å²) in [7, 11) is 3.61. The highest BCUT2D eigenvalue weighted by Crippen LogP contribution is 2.23. The topological polar surface area (TPSA) is 59.6 Å². The van der Waals surface area contributed by atoms with E-state index >= 15 is 0 Å². The number of carbonyl (C=O) groups excluding carboxylic acids is 1. The SMILES string of the molecule is CCNC(=O)Oc1cccc(C(CCc2ccc(OC)cc2)NC)c1.Cl. The van der Waals surface area contributed by atoms with Gasteiger partial charge in [-0.2, -0.15) is 0 Å². The number of carbonyl (C=O) groups is 1. The molecule has 0 aliphatic heterocycles.